The molecule has 36 heavy (non-hydrogen) atoms. The molecule has 2 aromatic heterocycles. The van der Waals surface area contributed by atoms with E-state index >= 15 is 0 Å². The summed E-state index contributed by atoms with van der Waals surface area (Å²) in [6.45, 7) is 3.17. The molecule has 5 rings (SSSR count). The molecule has 1 saturated carbocycles. The Bertz CT molecular complexity index is 1190. The largest absolute Gasteiger partial charge is 0.496 e. The zero-order valence-corrected chi connectivity index (χ0v) is 22.1. The molecule has 1 aliphatic heterocycles. The van der Waals surface area contributed by atoms with Crippen LogP contribution in [0.1, 0.15) is 31.2 Å². The van der Waals surface area contributed by atoms with Crippen LogP contribution in [-0.2, 0) is 16.1 Å². The van der Waals surface area contributed by atoms with Crippen molar-refractivity contribution in [2.45, 2.75) is 38.3 Å². The molecule has 1 atom stereocenters. The molecule has 1 saturated heterocycles. The molecule has 0 amide bonds. The molecule has 0 N–H and O–H groups in total. The molecular weight excluding hydrogens is 458 g/mol. The number of fused-ring (bicyclic) bond motifs is 1. The van der Waals surface area contributed by atoms with Crippen LogP contribution in [0.2, 0.25) is 0 Å². The number of nitrogens with zero attached hydrogens (tertiary/aromatic N) is 3. The van der Waals surface area contributed by atoms with Crippen LogP contribution >= 0.6 is 0 Å². The summed E-state index contributed by atoms with van der Waals surface area (Å²) in [4.78, 5) is 0. The van der Waals surface area contributed by atoms with Crippen LogP contribution in [0.3, 0.4) is 0 Å². The monoisotopic (exact) mass is 496 g/mol. The molecule has 3 heterocycles. The fraction of sp³-hybridized carbons (Fsp3) is 0.536. The van der Waals surface area contributed by atoms with Crippen molar-refractivity contribution in [3.63, 3.8) is 0 Å². The van der Waals surface area contributed by atoms with Gasteiger partial charge in [-0.2, -0.15) is 0 Å². The number of ether oxygens (including phenoxy) is 5. The van der Waals surface area contributed by atoms with Crippen LogP contribution in [0.5, 0.6) is 17.4 Å². The summed E-state index contributed by atoms with van der Waals surface area (Å²) in [7, 11) is 9.12. The quantitative estimate of drug-likeness (QED) is 0.379. The summed E-state index contributed by atoms with van der Waals surface area (Å²) in [6, 6.07) is 10.7. The van der Waals surface area contributed by atoms with Crippen molar-refractivity contribution in [1.29, 1.82) is 0 Å². The lowest BCUT2D eigenvalue weighted by Crippen LogP contribution is -2.56. The Labute approximate surface area is 213 Å². The van der Waals surface area contributed by atoms with Crippen molar-refractivity contribution in [3.05, 3.63) is 35.9 Å². The number of hydrogen-bond acceptors (Lipinski definition) is 6. The molecule has 3 aromatic rings. The van der Waals surface area contributed by atoms with Crippen LogP contribution in [-0.4, -0.2) is 70.9 Å². The standard InChI is InChI=1S/C28H38N3O5/c1-31(17-19-9-10-19,21-11-13-36-14-12-21)27-23-8-6-7-22(30(23)29-28(27)35-5)26-24(33-3)15-20(18-32-2)16-25(26)34-4/h6-8,15-16,19,21H,9-14,17-18H2,1-5H3/q+1. The molecular formula is C28H38N3O5+. The molecule has 194 valence electrons. The van der Waals surface area contributed by atoms with Gasteiger partial charge in [0.2, 0.25) is 5.69 Å². The van der Waals surface area contributed by atoms with Crippen LogP contribution < -0.4 is 18.7 Å². The topological polar surface area (TPSA) is 63.5 Å². The van der Waals surface area contributed by atoms with E-state index in [9.17, 15) is 0 Å². The van der Waals surface area contributed by atoms with Crippen molar-refractivity contribution in [3.8, 4) is 28.6 Å². The highest BCUT2D eigenvalue weighted by atomic mass is 16.5. The molecule has 8 heteroatoms. The third-order valence-electron chi connectivity index (χ3n) is 7.77. The SMILES string of the molecule is COCc1cc(OC)c(-c2cccc3c([N+](C)(CC4CC4)C4CCOCC4)c(OC)nn23)c(OC)c1. The van der Waals surface area contributed by atoms with Gasteiger partial charge in [0.25, 0.3) is 5.88 Å². The van der Waals surface area contributed by atoms with E-state index in [-0.39, 0.29) is 0 Å². The Morgan fingerprint density at radius 2 is 1.67 bits per heavy atom. The van der Waals surface area contributed by atoms with Crippen LogP contribution in [0.25, 0.3) is 16.8 Å². The number of hydrogen-bond donors (Lipinski definition) is 0. The van der Waals surface area contributed by atoms with Gasteiger partial charge in [-0.3, -0.25) is 4.48 Å². The molecule has 8 nitrogen and oxygen atoms in total. The fourth-order valence-electron chi connectivity index (χ4n) is 5.83. The summed E-state index contributed by atoms with van der Waals surface area (Å²) in [6.07, 6.45) is 4.66. The first kappa shape index (κ1) is 24.9. The lowest BCUT2D eigenvalue weighted by Gasteiger charge is -2.42. The van der Waals surface area contributed by atoms with Gasteiger partial charge in [-0.05, 0) is 42.7 Å². The third-order valence-corrected chi connectivity index (χ3v) is 7.77. The highest BCUT2D eigenvalue weighted by molar-refractivity contribution is 5.83. The Morgan fingerprint density at radius 3 is 2.25 bits per heavy atom. The molecule has 1 aromatic carbocycles. The number of methoxy groups -OCH3 is 4. The van der Waals surface area contributed by atoms with Crippen molar-refractivity contribution < 1.29 is 23.7 Å². The molecule has 1 unspecified atom stereocenters. The molecule has 0 radical (unpaired) electrons. The van der Waals surface area contributed by atoms with Gasteiger partial charge >= 0.3 is 0 Å². The zero-order chi connectivity index (χ0) is 25.3. The highest BCUT2D eigenvalue weighted by Crippen LogP contribution is 2.46. The molecule has 0 bridgehead atoms. The summed E-state index contributed by atoms with van der Waals surface area (Å²) in [5, 5.41) is 5.02. The minimum absolute atomic E-state index is 0.460. The summed E-state index contributed by atoms with van der Waals surface area (Å²) < 4.78 is 31.5. The fourth-order valence-corrected chi connectivity index (χ4v) is 5.83. The Hall–Kier alpha value is -2.81. The van der Waals surface area contributed by atoms with E-state index in [0.29, 0.717) is 30.0 Å². The van der Waals surface area contributed by atoms with E-state index in [0.717, 1.165) is 71.0 Å². The van der Waals surface area contributed by atoms with Crippen molar-refractivity contribution >= 4 is 11.2 Å². The number of quaternary nitrogens is 1. The van der Waals surface area contributed by atoms with Crippen LogP contribution in [0.15, 0.2) is 30.3 Å². The molecule has 1 aliphatic carbocycles. The number of aromatic nitrogens is 2. The minimum atomic E-state index is 0.460. The van der Waals surface area contributed by atoms with Crippen LogP contribution in [0.4, 0.5) is 5.69 Å². The van der Waals surface area contributed by atoms with Gasteiger partial charge in [0.1, 0.15) is 17.0 Å². The zero-order valence-electron chi connectivity index (χ0n) is 22.1. The summed E-state index contributed by atoms with van der Waals surface area (Å²) in [5.41, 5.74) is 4.91. The summed E-state index contributed by atoms with van der Waals surface area (Å²) >= 11 is 0. The van der Waals surface area contributed by atoms with Crippen molar-refractivity contribution in [2.24, 2.45) is 5.92 Å². The van der Waals surface area contributed by atoms with Gasteiger partial charge in [0.15, 0.2) is 0 Å². The second-order valence-electron chi connectivity index (χ2n) is 10.1. The van der Waals surface area contributed by atoms with Crippen molar-refractivity contribution in [1.82, 2.24) is 14.1 Å². The van der Waals surface area contributed by atoms with Gasteiger partial charge in [0.05, 0.1) is 72.0 Å². The van der Waals surface area contributed by atoms with Crippen molar-refractivity contribution in [2.75, 3.05) is 55.2 Å². The maximum Gasteiger partial charge on any atom is 0.296 e. The number of benzene rings is 1. The predicted molar refractivity (Wildman–Crippen MR) is 140 cm³/mol. The van der Waals surface area contributed by atoms with Gasteiger partial charge in [-0.15, -0.1) is 5.10 Å². The average Bonchev–Trinajstić information content (AvgIpc) is 3.63. The van der Waals surface area contributed by atoms with Crippen LogP contribution in [0, 0.1) is 5.92 Å². The Kier molecular flexibility index (Phi) is 7.10. The first-order chi connectivity index (χ1) is 17.5. The Balaban J connectivity index is 1.72. The average molecular weight is 497 g/mol. The van der Waals surface area contributed by atoms with E-state index < -0.39 is 0 Å². The Morgan fingerprint density at radius 1 is 0.972 bits per heavy atom. The van der Waals surface area contributed by atoms with Gasteiger partial charge in [-0.1, -0.05) is 6.07 Å². The highest BCUT2D eigenvalue weighted by Gasteiger charge is 2.45. The lowest BCUT2D eigenvalue weighted by atomic mass is 10.0. The van der Waals surface area contributed by atoms with E-state index in [1.54, 1.807) is 28.4 Å². The lowest BCUT2D eigenvalue weighted by molar-refractivity contribution is 0.0432. The molecule has 2 aliphatic rings. The normalized spacial score (nSPS) is 18.2. The van der Waals surface area contributed by atoms with E-state index in [4.69, 9.17) is 28.8 Å². The second kappa shape index (κ2) is 10.3. The number of pyridine rings is 1. The maximum absolute atomic E-state index is 5.97. The van der Waals surface area contributed by atoms with E-state index in [1.165, 1.54) is 12.8 Å². The maximum atomic E-state index is 5.97. The molecule has 2 fully saturated rings. The second-order valence-corrected chi connectivity index (χ2v) is 10.1. The van der Waals surface area contributed by atoms with E-state index in [1.807, 2.05) is 16.6 Å². The number of rotatable bonds is 10. The third kappa shape index (κ3) is 4.42. The first-order valence-electron chi connectivity index (χ1n) is 12.8. The molecule has 0 spiro atoms. The van der Waals surface area contributed by atoms with Gasteiger partial charge in [-0.25, -0.2) is 4.52 Å². The van der Waals surface area contributed by atoms with E-state index in [2.05, 4.69) is 25.2 Å². The summed E-state index contributed by atoms with van der Waals surface area (Å²) in [5.74, 6) is 2.84. The minimum Gasteiger partial charge on any atom is -0.496 e. The van der Waals surface area contributed by atoms with Gasteiger partial charge in [0, 0.05) is 25.9 Å². The predicted octanol–water partition coefficient (Wildman–Crippen LogP) is 4.70. The first-order valence-corrected chi connectivity index (χ1v) is 12.8. The smallest absolute Gasteiger partial charge is 0.296 e. The van der Waals surface area contributed by atoms with Gasteiger partial charge < -0.3 is 23.7 Å².